The van der Waals surface area contributed by atoms with Crippen LogP contribution in [0.15, 0.2) is 71.8 Å². The van der Waals surface area contributed by atoms with E-state index < -0.39 is 5.97 Å². The highest BCUT2D eigenvalue weighted by Gasteiger charge is 2.31. The lowest BCUT2D eigenvalue weighted by Gasteiger charge is -2.14. The number of benzene rings is 3. The van der Waals surface area contributed by atoms with E-state index >= 15 is 0 Å². The van der Waals surface area contributed by atoms with Crippen LogP contribution in [0.2, 0.25) is 0 Å². The summed E-state index contributed by atoms with van der Waals surface area (Å²) in [4.78, 5) is 29.7. The number of thiocarbonyl (C=S) groups is 1. The Hall–Kier alpha value is -3.88. The predicted octanol–water partition coefficient (Wildman–Crippen LogP) is 6.29. The Morgan fingerprint density at radius 3 is 2.65 bits per heavy atom. The number of aromatic amines is 1. The van der Waals surface area contributed by atoms with Gasteiger partial charge in [-0.15, -0.1) is 0 Å². The van der Waals surface area contributed by atoms with Gasteiger partial charge in [0, 0.05) is 29.2 Å². The Balaban J connectivity index is 1.37. The molecule has 3 aromatic carbocycles. The molecule has 1 amide bonds. The molecule has 6 nitrogen and oxygen atoms in total. The van der Waals surface area contributed by atoms with Crippen LogP contribution < -0.4 is 4.74 Å². The maximum absolute atomic E-state index is 13.2. The topological polar surface area (TPSA) is 82.6 Å². The van der Waals surface area contributed by atoms with Gasteiger partial charge in [-0.1, -0.05) is 48.2 Å². The van der Waals surface area contributed by atoms with Crippen LogP contribution in [0.25, 0.3) is 28.1 Å². The molecular weight excluding hydrogens is 504 g/mol. The maximum Gasteiger partial charge on any atom is 0.335 e. The number of amides is 1. The van der Waals surface area contributed by atoms with Gasteiger partial charge in [0.2, 0.25) is 0 Å². The summed E-state index contributed by atoms with van der Waals surface area (Å²) in [6.07, 6.45) is 4.44. The average Bonchev–Trinajstić information content (AvgIpc) is 3.40. The van der Waals surface area contributed by atoms with Crippen molar-refractivity contribution in [1.29, 1.82) is 0 Å². The van der Waals surface area contributed by atoms with Crippen molar-refractivity contribution >= 4 is 57.2 Å². The molecule has 0 saturated carbocycles. The largest absolute Gasteiger partial charge is 0.496 e. The number of fused-ring (bicyclic) bond motifs is 1. The molecule has 2 N–H and O–H groups in total. The molecule has 0 radical (unpaired) electrons. The Bertz CT molecular complexity index is 1570. The normalized spacial score (nSPS) is 14.6. The molecule has 5 rings (SSSR count). The van der Waals surface area contributed by atoms with Crippen LogP contribution in [0.3, 0.4) is 0 Å². The molecule has 1 fully saturated rings. The van der Waals surface area contributed by atoms with Crippen LogP contribution in [-0.2, 0) is 11.2 Å². The summed E-state index contributed by atoms with van der Waals surface area (Å²) in [5.41, 5.74) is 6.29. The fourth-order valence-electron chi connectivity index (χ4n) is 4.37. The molecule has 1 saturated heterocycles. The van der Waals surface area contributed by atoms with E-state index in [4.69, 9.17) is 22.1 Å². The molecule has 0 spiro atoms. The molecule has 1 aliphatic rings. The zero-order valence-corrected chi connectivity index (χ0v) is 21.9. The third kappa shape index (κ3) is 5.03. The molecule has 0 unspecified atom stereocenters. The number of H-pyrrole nitrogens is 1. The maximum atomic E-state index is 13.2. The number of thioether (sulfide) groups is 1. The number of ether oxygens (including phenoxy) is 1. The quantitative estimate of drug-likeness (QED) is 0.217. The molecule has 1 aromatic heterocycles. The lowest BCUT2D eigenvalue weighted by Crippen LogP contribution is -2.30. The fourth-order valence-corrected chi connectivity index (χ4v) is 5.68. The SMILES string of the molecule is COc1ccc(C=C2SC(=S)N(CCc3ccc(C(=O)O)cc3)C2=O)cc1-c1ccc2[nH]cc(C)c2c1. The van der Waals surface area contributed by atoms with Gasteiger partial charge in [0.1, 0.15) is 10.1 Å². The molecule has 0 atom stereocenters. The number of carbonyl (C=O) groups is 2. The molecule has 4 aromatic rings. The van der Waals surface area contributed by atoms with Crippen molar-refractivity contribution in [3.8, 4) is 16.9 Å². The summed E-state index contributed by atoms with van der Waals surface area (Å²) in [7, 11) is 1.65. The summed E-state index contributed by atoms with van der Waals surface area (Å²) < 4.78 is 6.15. The van der Waals surface area contributed by atoms with E-state index in [0.717, 1.165) is 38.9 Å². The number of aromatic nitrogens is 1. The van der Waals surface area contributed by atoms with Crippen LogP contribution in [0.5, 0.6) is 5.75 Å². The highest BCUT2D eigenvalue weighted by atomic mass is 32.2. The number of methoxy groups -OCH3 is 1. The van der Waals surface area contributed by atoms with Gasteiger partial charge in [0.25, 0.3) is 5.91 Å². The van der Waals surface area contributed by atoms with E-state index in [2.05, 4.69) is 30.1 Å². The zero-order valence-electron chi connectivity index (χ0n) is 20.3. The Morgan fingerprint density at radius 1 is 1.14 bits per heavy atom. The first kappa shape index (κ1) is 24.8. The highest BCUT2D eigenvalue weighted by molar-refractivity contribution is 8.26. The van der Waals surface area contributed by atoms with Crippen molar-refractivity contribution in [3.05, 3.63) is 94.0 Å². The molecule has 1 aliphatic heterocycles. The van der Waals surface area contributed by atoms with E-state index in [-0.39, 0.29) is 11.5 Å². The molecular formula is C29H24N2O4S2. The molecule has 2 heterocycles. The molecule has 8 heteroatoms. The number of aryl methyl sites for hydroxylation is 1. The summed E-state index contributed by atoms with van der Waals surface area (Å²) >= 11 is 6.79. The minimum absolute atomic E-state index is 0.126. The van der Waals surface area contributed by atoms with E-state index in [9.17, 15) is 9.59 Å². The van der Waals surface area contributed by atoms with E-state index in [0.29, 0.717) is 22.2 Å². The first-order chi connectivity index (χ1) is 17.8. The standard InChI is InChI=1S/C29H24N2O4S2/c1-17-16-30-24-9-8-21(15-22(17)24)23-13-19(5-10-25(23)35-2)14-26-27(32)31(29(36)37-26)12-11-18-3-6-20(7-4-18)28(33)34/h3-10,13-16,30H,11-12H2,1-2H3,(H,33,34). The smallest absolute Gasteiger partial charge is 0.335 e. The lowest BCUT2D eigenvalue weighted by molar-refractivity contribution is -0.122. The Morgan fingerprint density at radius 2 is 1.92 bits per heavy atom. The first-order valence-corrected chi connectivity index (χ1v) is 12.9. The van der Waals surface area contributed by atoms with Crippen molar-refractivity contribution in [1.82, 2.24) is 9.88 Å². The Labute approximate surface area is 223 Å². The van der Waals surface area contributed by atoms with Gasteiger partial charge in [-0.2, -0.15) is 0 Å². The summed E-state index contributed by atoms with van der Waals surface area (Å²) in [6.45, 7) is 2.50. The van der Waals surface area contributed by atoms with Crippen LogP contribution in [0, 0.1) is 6.92 Å². The second-order valence-corrected chi connectivity index (χ2v) is 10.5. The van der Waals surface area contributed by atoms with Gasteiger partial charge in [-0.25, -0.2) is 4.79 Å². The summed E-state index contributed by atoms with van der Waals surface area (Å²) in [5, 5.41) is 10.2. The van der Waals surface area contributed by atoms with E-state index in [1.165, 1.54) is 17.3 Å². The van der Waals surface area contributed by atoms with Crippen molar-refractivity contribution in [3.63, 3.8) is 0 Å². The van der Waals surface area contributed by atoms with Crippen molar-refractivity contribution < 1.29 is 19.4 Å². The number of carbonyl (C=O) groups excluding carboxylic acids is 1. The second-order valence-electron chi connectivity index (χ2n) is 8.78. The number of carboxylic acid groups (broad SMARTS) is 1. The van der Waals surface area contributed by atoms with Crippen LogP contribution in [0.4, 0.5) is 0 Å². The van der Waals surface area contributed by atoms with Gasteiger partial charge >= 0.3 is 5.97 Å². The van der Waals surface area contributed by atoms with Gasteiger partial charge in [-0.05, 0) is 78.1 Å². The summed E-state index contributed by atoms with van der Waals surface area (Å²) in [5.74, 6) is -0.333. The third-order valence-corrected chi connectivity index (χ3v) is 7.80. The molecule has 186 valence electrons. The predicted molar refractivity (Wildman–Crippen MR) is 152 cm³/mol. The molecule has 0 bridgehead atoms. The average molecular weight is 529 g/mol. The monoisotopic (exact) mass is 528 g/mol. The number of nitrogens with one attached hydrogen (secondary N) is 1. The Kier molecular flexibility index (Phi) is 6.86. The minimum atomic E-state index is -0.963. The number of aromatic carboxylic acids is 1. The number of hydrogen-bond acceptors (Lipinski definition) is 5. The zero-order chi connectivity index (χ0) is 26.1. The molecule has 37 heavy (non-hydrogen) atoms. The fraction of sp³-hybridized carbons (Fsp3) is 0.138. The third-order valence-electron chi connectivity index (χ3n) is 6.42. The van der Waals surface area contributed by atoms with Crippen molar-refractivity contribution in [2.24, 2.45) is 0 Å². The number of nitrogens with zero attached hydrogens (tertiary/aromatic N) is 1. The number of carboxylic acids is 1. The van der Waals surface area contributed by atoms with Crippen LogP contribution in [0.1, 0.15) is 27.0 Å². The highest BCUT2D eigenvalue weighted by Crippen LogP contribution is 2.36. The second kappa shape index (κ2) is 10.2. The van der Waals surface area contributed by atoms with E-state index in [1.807, 2.05) is 30.5 Å². The first-order valence-electron chi connectivity index (χ1n) is 11.7. The number of rotatable bonds is 7. The van der Waals surface area contributed by atoms with Gasteiger partial charge in [-0.3, -0.25) is 9.69 Å². The van der Waals surface area contributed by atoms with Gasteiger partial charge < -0.3 is 14.8 Å². The minimum Gasteiger partial charge on any atom is -0.496 e. The summed E-state index contributed by atoms with van der Waals surface area (Å²) in [6, 6.07) is 18.8. The van der Waals surface area contributed by atoms with Crippen molar-refractivity contribution in [2.75, 3.05) is 13.7 Å². The van der Waals surface area contributed by atoms with Gasteiger partial charge in [0.15, 0.2) is 0 Å². The van der Waals surface area contributed by atoms with E-state index in [1.54, 1.807) is 36.3 Å². The van der Waals surface area contributed by atoms with Gasteiger partial charge in [0.05, 0.1) is 17.6 Å². The van der Waals surface area contributed by atoms with Crippen molar-refractivity contribution in [2.45, 2.75) is 13.3 Å². The number of hydrogen-bond donors (Lipinski definition) is 2. The van der Waals surface area contributed by atoms with Crippen LogP contribution >= 0.6 is 24.0 Å². The van der Waals surface area contributed by atoms with Crippen LogP contribution in [-0.4, -0.2) is 44.8 Å². The lowest BCUT2D eigenvalue weighted by atomic mass is 9.99. The molecule has 0 aliphatic carbocycles.